The van der Waals surface area contributed by atoms with Crippen LogP contribution in [-0.2, 0) is 0 Å². The average molecular weight is 273 g/mol. The van der Waals surface area contributed by atoms with Crippen molar-refractivity contribution in [3.05, 3.63) is 29.6 Å². The van der Waals surface area contributed by atoms with E-state index in [1.165, 1.54) is 0 Å². The third kappa shape index (κ3) is 4.36. The fourth-order valence-electron chi connectivity index (χ4n) is 1.86. The van der Waals surface area contributed by atoms with Crippen molar-refractivity contribution in [1.82, 2.24) is 9.88 Å². The summed E-state index contributed by atoms with van der Waals surface area (Å²) in [6.07, 6.45) is 4.30. The number of hydrogen-bond acceptors (Lipinski definition) is 3. The van der Waals surface area contributed by atoms with Crippen molar-refractivity contribution in [3.63, 3.8) is 0 Å². The van der Waals surface area contributed by atoms with Gasteiger partial charge in [0.25, 0.3) is 5.91 Å². The van der Waals surface area contributed by atoms with Crippen LogP contribution in [0.2, 0.25) is 0 Å². The fourth-order valence-corrected chi connectivity index (χ4v) is 1.86. The minimum atomic E-state index is 0.0107. The van der Waals surface area contributed by atoms with Gasteiger partial charge < -0.3 is 10.6 Å². The van der Waals surface area contributed by atoms with Gasteiger partial charge in [-0.15, -0.1) is 0 Å². The highest BCUT2D eigenvalue weighted by Gasteiger charge is 2.18. The highest BCUT2D eigenvalue weighted by molar-refractivity contribution is 5.96. The van der Waals surface area contributed by atoms with Crippen LogP contribution in [-0.4, -0.2) is 35.4 Å². The van der Waals surface area contributed by atoms with Gasteiger partial charge in [0.15, 0.2) is 0 Å². The molecule has 0 aliphatic rings. The number of nitrogens with zero attached hydrogens (tertiary/aromatic N) is 2. The maximum atomic E-state index is 12.6. The van der Waals surface area contributed by atoms with E-state index in [0.29, 0.717) is 23.6 Å². The summed E-state index contributed by atoms with van der Waals surface area (Å²) in [5.74, 6) is 6.19. The fraction of sp³-hybridized carbons (Fsp3) is 0.500. The Balaban J connectivity index is 3.00. The molecule has 4 nitrogen and oxygen atoms in total. The lowest BCUT2D eigenvalue weighted by Gasteiger charge is -2.24. The van der Waals surface area contributed by atoms with Crippen LogP contribution in [0, 0.1) is 17.8 Å². The number of nitrogens with two attached hydrogens (primary N) is 1. The number of hydrogen-bond donors (Lipinski definition) is 1. The van der Waals surface area contributed by atoms with E-state index in [2.05, 4.69) is 30.7 Å². The Hall–Kier alpha value is -1.86. The van der Waals surface area contributed by atoms with Gasteiger partial charge >= 0.3 is 0 Å². The number of carbonyl (C=O) groups is 1. The summed E-state index contributed by atoms with van der Waals surface area (Å²) in [4.78, 5) is 18.5. The van der Waals surface area contributed by atoms with Gasteiger partial charge in [-0.2, -0.15) is 0 Å². The molecule has 0 aliphatic carbocycles. The molecule has 4 heteroatoms. The zero-order chi connectivity index (χ0) is 15.0. The number of pyridine rings is 1. The van der Waals surface area contributed by atoms with Crippen molar-refractivity contribution in [2.24, 2.45) is 11.7 Å². The molecule has 108 valence electrons. The van der Waals surface area contributed by atoms with Crippen LogP contribution in [0.1, 0.15) is 43.1 Å². The van der Waals surface area contributed by atoms with Crippen LogP contribution in [0.4, 0.5) is 0 Å². The summed E-state index contributed by atoms with van der Waals surface area (Å²) in [7, 11) is 0. The lowest BCUT2D eigenvalue weighted by atomic mass is 10.1. The summed E-state index contributed by atoms with van der Waals surface area (Å²) in [5, 5.41) is 0. The van der Waals surface area contributed by atoms with Crippen molar-refractivity contribution in [1.29, 1.82) is 0 Å². The average Bonchev–Trinajstić information content (AvgIpc) is 2.49. The first-order valence-electron chi connectivity index (χ1n) is 7.06. The molecule has 0 aliphatic heterocycles. The molecule has 0 saturated carbocycles. The molecule has 1 heterocycles. The Morgan fingerprint density at radius 2 is 2.25 bits per heavy atom. The lowest BCUT2D eigenvalue weighted by molar-refractivity contribution is 0.0740. The van der Waals surface area contributed by atoms with Crippen molar-refractivity contribution in [2.45, 2.75) is 27.2 Å². The third-order valence-corrected chi connectivity index (χ3v) is 3.27. The summed E-state index contributed by atoms with van der Waals surface area (Å²) < 4.78 is 0. The van der Waals surface area contributed by atoms with E-state index in [1.807, 2.05) is 11.8 Å². The Kier molecular flexibility index (Phi) is 6.75. The molecule has 2 N–H and O–H groups in total. The van der Waals surface area contributed by atoms with Crippen molar-refractivity contribution in [3.8, 4) is 11.8 Å². The predicted molar refractivity (Wildman–Crippen MR) is 81.2 cm³/mol. The Bertz CT molecular complexity index is 502. The number of aromatic nitrogens is 1. The minimum absolute atomic E-state index is 0.0107. The maximum absolute atomic E-state index is 12.6. The molecule has 1 aromatic heterocycles. The largest absolute Gasteiger partial charge is 0.339 e. The van der Waals surface area contributed by atoms with Gasteiger partial charge in [0.2, 0.25) is 0 Å². The number of carbonyl (C=O) groups excluding carboxylic acids is 1. The zero-order valence-corrected chi connectivity index (χ0v) is 12.5. The smallest absolute Gasteiger partial charge is 0.255 e. The molecule has 0 aromatic carbocycles. The summed E-state index contributed by atoms with van der Waals surface area (Å²) in [5.41, 5.74) is 6.63. The van der Waals surface area contributed by atoms with Crippen LogP contribution >= 0.6 is 0 Å². The van der Waals surface area contributed by atoms with Crippen LogP contribution in [0.3, 0.4) is 0 Å². The monoisotopic (exact) mass is 273 g/mol. The zero-order valence-electron chi connectivity index (χ0n) is 12.5. The van der Waals surface area contributed by atoms with E-state index in [9.17, 15) is 4.79 Å². The molecule has 1 atom stereocenters. The van der Waals surface area contributed by atoms with Crippen molar-refractivity contribution >= 4 is 5.91 Å². The van der Waals surface area contributed by atoms with E-state index < -0.39 is 0 Å². The molecular weight excluding hydrogens is 250 g/mol. The third-order valence-electron chi connectivity index (χ3n) is 3.27. The standard InChI is InChI=1S/C16H23N3O/c1-4-13(3)12-19(5-2)16(20)15-8-10-18-11-14(15)7-6-9-17/h8,10-11,13H,4-5,9,12,17H2,1-3H3. The second-order valence-corrected chi connectivity index (χ2v) is 4.78. The second-order valence-electron chi connectivity index (χ2n) is 4.78. The summed E-state index contributed by atoms with van der Waals surface area (Å²) >= 11 is 0. The molecule has 0 saturated heterocycles. The van der Waals surface area contributed by atoms with Crippen LogP contribution in [0.25, 0.3) is 0 Å². The lowest BCUT2D eigenvalue weighted by Crippen LogP contribution is -2.35. The molecular formula is C16H23N3O. The first-order valence-corrected chi connectivity index (χ1v) is 7.06. The van der Waals surface area contributed by atoms with Crippen LogP contribution in [0.15, 0.2) is 18.5 Å². The van der Waals surface area contributed by atoms with Crippen LogP contribution in [0.5, 0.6) is 0 Å². The Morgan fingerprint density at radius 1 is 1.50 bits per heavy atom. The van der Waals surface area contributed by atoms with Gasteiger partial charge in [0.1, 0.15) is 0 Å². The predicted octanol–water partition coefficient (Wildman–Crippen LogP) is 1.90. The molecule has 1 amide bonds. The molecule has 0 bridgehead atoms. The normalized spacial score (nSPS) is 11.4. The summed E-state index contributed by atoms with van der Waals surface area (Å²) in [6, 6.07) is 1.72. The molecule has 0 spiro atoms. The molecule has 1 aromatic rings. The first-order chi connectivity index (χ1) is 9.63. The second kappa shape index (κ2) is 8.34. The number of amides is 1. The van der Waals surface area contributed by atoms with Gasteiger partial charge in [-0.05, 0) is 18.9 Å². The van der Waals surface area contributed by atoms with E-state index in [1.54, 1.807) is 18.5 Å². The molecule has 0 fully saturated rings. The maximum Gasteiger partial charge on any atom is 0.255 e. The van der Waals surface area contributed by atoms with Crippen molar-refractivity contribution < 1.29 is 4.79 Å². The van der Waals surface area contributed by atoms with E-state index in [-0.39, 0.29) is 12.5 Å². The van der Waals surface area contributed by atoms with E-state index in [0.717, 1.165) is 13.0 Å². The Labute approximate surface area is 121 Å². The van der Waals surface area contributed by atoms with Gasteiger partial charge in [-0.25, -0.2) is 0 Å². The summed E-state index contributed by atoms with van der Waals surface area (Å²) in [6.45, 7) is 8.00. The topological polar surface area (TPSA) is 59.2 Å². The number of rotatable bonds is 5. The van der Waals surface area contributed by atoms with Gasteiger partial charge in [-0.1, -0.05) is 32.1 Å². The molecule has 1 rings (SSSR count). The SMILES string of the molecule is CCC(C)CN(CC)C(=O)c1ccncc1C#CCN. The van der Waals surface area contributed by atoms with Crippen molar-refractivity contribution in [2.75, 3.05) is 19.6 Å². The molecule has 0 radical (unpaired) electrons. The quantitative estimate of drug-likeness (QED) is 0.834. The van der Waals surface area contributed by atoms with Crippen LogP contribution < -0.4 is 5.73 Å². The molecule has 20 heavy (non-hydrogen) atoms. The first kappa shape index (κ1) is 16.2. The highest BCUT2D eigenvalue weighted by atomic mass is 16.2. The molecule has 1 unspecified atom stereocenters. The van der Waals surface area contributed by atoms with Gasteiger partial charge in [-0.3, -0.25) is 9.78 Å². The highest BCUT2D eigenvalue weighted by Crippen LogP contribution is 2.12. The van der Waals surface area contributed by atoms with Gasteiger partial charge in [0.05, 0.1) is 17.7 Å². The Morgan fingerprint density at radius 3 is 2.85 bits per heavy atom. The van der Waals surface area contributed by atoms with Gasteiger partial charge in [0, 0.05) is 25.5 Å². The minimum Gasteiger partial charge on any atom is -0.339 e. The van der Waals surface area contributed by atoms with E-state index >= 15 is 0 Å². The van der Waals surface area contributed by atoms with E-state index in [4.69, 9.17) is 5.73 Å².